The monoisotopic (exact) mass is 552 g/mol. The van der Waals surface area contributed by atoms with Crippen molar-refractivity contribution in [1.82, 2.24) is 9.47 Å². The lowest BCUT2D eigenvalue weighted by molar-refractivity contribution is -0.163. The second kappa shape index (κ2) is 11.5. The molecule has 1 amide bonds. The molecule has 5 rings (SSSR count). The molecule has 1 spiro atoms. The first-order chi connectivity index (χ1) is 19.2. The highest BCUT2D eigenvalue weighted by Gasteiger charge is 2.55. The van der Waals surface area contributed by atoms with Gasteiger partial charge in [-0.05, 0) is 44.6 Å². The van der Waals surface area contributed by atoms with Crippen LogP contribution in [0.1, 0.15) is 82.0 Å². The van der Waals surface area contributed by atoms with Crippen LogP contribution in [0.25, 0.3) is 11.1 Å². The summed E-state index contributed by atoms with van der Waals surface area (Å²) >= 11 is 0. The standard InChI is InChI=1S/C32H41FN2O5/c1-3-40-30(38)26-19-35(28(36)18-25(26)24-11-4-5-12-27(24)33)21-32(39)15-16-34(20-31(32)13-6-7-14-31)29(37)22(2)17-23-9-8-10-23/h4-5,11-12,18-19,22-23,39H,3,6-10,13-17,20-21H2,1-2H3/t22-,32-/m1/s1. The second-order valence-corrected chi connectivity index (χ2v) is 12.2. The van der Waals surface area contributed by atoms with E-state index in [1.807, 2.05) is 11.8 Å². The van der Waals surface area contributed by atoms with Crippen LogP contribution < -0.4 is 5.56 Å². The number of hydrogen-bond donors (Lipinski definition) is 1. The van der Waals surface area contributed by atoms with Gasteiger partial charge in [-0.3, -0.25) is 9.59 Å². The predicted molar refractivity (Wildman–Crippen MR) is 150 cm³/mol. The highest BCUT2D eigenvalue weighted by Crippen LogP contribution is 2.52. The topological polar surface area (TPSA) is 88.8 Å². The number of rotatable bonds is 8. The molecule has 2 atom stereocenters. The molecule has 0 bridgehead atoms. The number of pyridine rings is 1. The Labute approximate surface area is 235 Å². The van der Waals surface area contributed by atoms with Crippen LogP contribution in [0.4, 0.5) is 4.39 Å². The van der Waals surface area contributed by atoms with Gasteiger partial charge >= 0.3 is 5.97 Å². The minimum Gasteiger partial charge on any atom is -0.462 e. The van der Waals surface area contributed by atoms with Gasteiger partial charge in [-0.2, -0.15) is 0 Å². The van der Waals surface area contributed by atoms with Crippen LogP contribution in [0.5, 0.6) is 0 Å². The van der Waals surface area contributed by atoms with E-state index >= 15 is 0 Å². The van der Waals surface area contributed by atoms with Crippen molar-refractivity contribution < 1.29 is 23.8 Å². The third-order valence-electron chi connectivity index (χ3n) is 9.70. The van der Waals surface area contributed by atoms with Crippen LogP contribution in [0.2, 0.25) is 0 Å². The number of carbonyl (C=O) groups is 2. The van der Waals surface area contributed by atoms with Gasteiger partial charge in [0.1, 0.15) is 5.82 Å². The number of piperidine rings is 1. The maximum absolute atomic E-state index is 14.7. The molecular formula is C32H41FN2O5. The molecule has 1 aromatic heterocycles. The third-order valence-corrected chi connectivity index (χ3v) is 9.70. The summed E-state index contributed by atoms with van der Waals surface area (Å²) in [5.41, 5.74) is -1.80. The number of likely N-dealkylation sites (tertiary alicyclic amines) is 1. The van der Waals surface area contributed by atoms with Crippen LogP contribution in [0, 0.1) is 23.1 Å². The van der Waals surface area contributed by atoms with Gasteiger partial charge in [-0.1, -0.05) is 57.2 Å². The summed E-state index contributed by atoms with van der Waals surface area (Å²) in [7, 11) is 0. The predicted octanol–water partition coefficient (Wildman–Crippen LogP) is 5.18. The molecule has 2 aliphatic carbocycles. The molecule has 2 aromatic rings. The molecular weight excluding hydrogens is 511 g/mol. The average Bonchev–Trinajstić information content (AvgIpc) is 3.39. The highest BCUT2D eigenvalue weighted by atomic mass is 19.1. The summed E-state index contributed by atoms with van der Waals surface area (Å²) in [6.45, 7) is 4.74. The Balaban J connectivity index is 1.44. The van der Waals surface area contributed by atoms with Gasteiger partial charge in [0, 0.05) is 47.8 Å². The van der Waals surface area contributed by atoms with Crippen molar-refractivity contribution in [3.8, 4) is 11.1 Å². The molecule has 3 fully saturated rings. The van der Waals surface area contributed by atoms with E-state index in [9.17, 15) is 23.9 Å². The van der Waals surface area contributed by atoms with Crippen molar-refractivity contribution >= 4 is 11.9 Å². The van der Waals surface area contributed by atoms with Crippen molar-refractivity contribution in [2.24, 2.45) is 17.3 Å². The maximum Gasteiger partial charge on any atom is 0.340 e. The van der Waals surface area contributed by atoms with Gasteiger partial charge in [0.25, 0.3) is 5.56 Å². The molecule has 8 heteroatoms. The van der Waals surface area contributed by atoms with E-state index in [1.165, 1.54) is 48.2 Å². The zero-order valence-electron chi connectivity index (χ0n) is 23.7. The highest BCUT2D eigenvalue weighted by molar-refractivity contribution is 5.97. The maximum atomic E-state index is 14.7. The molecule has 216 valence electrons. The van der Waals surface area contributed by atoms with Crippen molar-refractivity contribution in [3.05, 3.63) is 58.3 Å². The number of benzene rings is 1. The number of esters is 1. The number of amides is 1. The first-order valence-corrected chi connectivity index (χ1v) is 14.8. The van der Waals surface area contributed by atoms with E-state index in [1.54, 1.807) is 19.1 Å². The van der Waals surface area contributed by atoms with Gasteiger partial charge in [0.05, 0.1) is 24.3 Å². The van der Waals surface area contributed by atoms with Crippen LogP contribution in [0.15, 0.2) is 41.3 Å². The van der Waals surface area contributed by atoms with Crippen molar-refractivity contribution in [2.75, 3.05) is 19.7 Å². The van der Waals surface area contributed by atoms with Gasteiger partial charge < -0.3 is 19.3 Å². The van der Waals surface area contributed by atoms with Gasteiger partial charge in [-0.25, -0.2) is 9.18 Å². The number of aromatic nitrogens is 1. The van der Waals surface area contributed by atoms with Crippen LogP contribution in [-0.2, 0) is 16.1 Å². The van der Waals surface area contributed by atoms with E-state index in [0.29, 0.717) is 25.4 Å². The smallest absolute Gasteiger partial charge is 0.340 e. The molecule has 1 aromatic carbocycles. The van der Waals surface area contributed by atoms with E-state index in [4.69, 9.17) is 4.74 Å². The summed E-state index contributed by atoms with van der Waals surface area (Å²) in [6.07, 6.45) is 9.81. The largest absolute Gasteiger partial charge is 0.462 e. The molecule has 1 saturated heterocycles. The minimum absolute atomic E-state index is 0.00452. The Morgan fingerprint density at radius 1 is 1.12 bits per heavy atom. The lowest BCUT2D eigenvalue weighted by Crippen LogP contribution is -2.62. The quantitative estimate of drug-likeness (QED) is 0.456. The van der Waals surface area contributed by atoms with Crippen molar-refractivity contribution in [2.45, 2.75) is 83.8 Å². The number of nitrogens with zero attached hydrogens (tertiary/aromatic N) is 2. The number of ether oxygens (including phenoxy) is 1. The second-order valence-electron chi connectivity index (χ2n) is 12.2. The Kier molecular flexibility index (Phi) is 8.18. The Hall–Kier alpha value is -3.00. The van der Waals surface area contributed by atoms with E-state index < -0.39 is 28.4 Å². The normalized spacial score (nSPS) is 23.1. The van der Waals surface area contributed by atoms with Crippen LogP contribution in [-0.4, -0.2) is 51.7 Å². The molecule has 1 aliphatic heterocycles. The Morgan fingerprint density at radius 2 is 1.85 bits per heavy atom. The fourth-order valence-electron chi connectivity index (χ4n) is 7.18. The van der Waals surface area contributed by atoms with Gasteiger partial charge in [0.2, 0.25) is 5.91 Å². The first-order valence-electron chi connectivity index (χ1n) is 14.8. The SMILES string of the molecule is CCOC(=O)c1cn(C[C@]2(O)CCN(C(=O)[C@H](C)CC3CCC3)CC23CCCC3)c(=O)cc1-c1ccccc1F. The first kappa shape index (κ1) is 28.5. The summed E-state index contributed by atoms with van der Waals surface area (Å²) in [6, 6.07) is 7.26. The van der Waals surface area contributed by atoms with Crippen molar-refractivity contribution in [3.63, 3.8) is 0 Å². The van der Waals surface area contributed by atoms with Gasteiger partial charge in [-0.15, -0.1) is 0 Å². The summed E-state index contributed by atoms with van der Waals surface area (Å²) in [4.78, 5) is 41.7. The van der Waals surface area contributed by atoms with Crippen molar-refractivity contribution in [1.29, 1.82) is 0 Å². The number of hydrogen-bond acceptors (Lipinski definition) is 5. The summed E-state index contributed by atoms with van der Waals surface area (Å²) < 4.78 is 21.3. The molecule has 0 unspecified atom stereocenters. The summed E-state index contributed by atoms with van der Waals surface area (Å²) in [5, 5.41) is 12.2. The molecule has 2 saturated carbocycles. The van der Waals surface area contributed by atoms with E-state index in [0.717, 1.165) is 32.1 Å². The van der Waals surface area contributed by atoms with Crippen LogP contribution >= 0.6 is 0 Å². The minimum atomic E-state index is -1.23. The number of aliphatic hydroxyl groups is 1. The average molecular weight is 553 g/mol. The Bertz CT molecular complexity index is 1310. The number of halogens is 1. The van der Waals surface area contributed by atoms with E-state index in [-0.39, 0.29) is 41.7 Å². The zero-order chi connectivity index (χ0) is 28.5. The fraction of sp³-hybridized carbons (Fsp3) is 0.594. The van der Waals surface area contributed by atoms with Crippen LogP contribution in [0.3, 0.4) is 0 Å². The Morgan fingerprint density at radius 3 is 2.50 bits per heavy atom. The molecule has 7 nitrogen and oxygen atoms in total. The molecule has 2 heterocycles. The van der Waals surface area contributed by atoms with E-state index in [2.05, 4.69) is 0 Å². The van der Waals surface area contributed by atoms with Gasteiger partial charge in [0.15, 0.2) is 0 Å². The summed E-state index contributed by atoms with van der Waals surface area (Å²) in [5.74, 6) is -0.420. The number of carbonyl (C=O) groups excluding carboxylic acids is 2. The molecule has 40 heavy (non-hydrogen) atoms. The molecule has 3 aliphatic rings. The zero-order valence-corrected chi connectivity index (χ0v) is 23.7. The third kappa shape index (κ3) is 5.35. The lowest BCUT2D eigenvalue weighted by atomic mass is 9.65. The molecule has 1 N–H and O–H groups in total. The molecule has 0 radical (unpaired) electrons. The lowest BCUT2D eigenvalue weighted by Gasteiger charge is -2.53. The fourth-order valence-corrected chi connectivity index (χ4v) is 7.18.